The summed E-state index contributed by atoms with van der Waals surface area (Å²) < 4.78 is 1.90. The Morgan fingerprint density at radius 1 is 1.27 bits per heavy atom. The van der Waals surface area contributed by atoms with E-state index in [4.69, 9.17) is 0 Å². The molecule has 1 aromatic carbocycles. The van der Waals surface area contributed by atoms with Crippen molar-refractivity contribution in [1.29, 1.82) is 0 Å². The second-order valence-corrected chi connectivity index (χ2v) is 6.36. The molecule has 7 nitrogen and oxygen atoms in total. The highest BCUT2D eigenvalue weighted by Gasteiger charge is 2.14. The summed E-state index contributed by atoms with van der Waals surface area (Å²) in [6, 6.07) is 9.53. The first-order valence-electron chi connectivity index (χ1n) is 8.71. The maximum absolute atomic E-state index is 12.0. The minimum absolute atomic E-state index is 0.120. The van der Waals surface area contributed by atoms with Gasteiger partial charge in [-0.3, -0.25) is 14.5 Å². The number of aliphatic imine (C=N–C) groups is 1. The Morgan fingerprint density at radius 3 is 2.54 bits per heavy atom. The number of nitrogens with one attached hydrogen (secondary N) is 3. The van der Waals surface area contributed by atoms with Gasteiger partial charge in [0.2, 0.25) is 5.91 Å². The first-order chi connectivity index (χ1) is 12.4. The first kappa shape index (κ1) is 19.5. The Morgan fingerprint density at radius 2 is 1.96 bits per heavy atom. The fourth-order valence-corrected chi connectivity index (χ4v) is 2.79. The predicted octanol–water partition coefficient (Wildman–Crippen LogP) is 1.77. The van der Waals surface area contributed by atoms with Crippen molar-refractivity contribution in [2.75, 3.05) is 18.9 Å². The summed E-state index contributed by atoms with van der Waals surface area (Å²) >= 11 is 0. The van der Waals surface area contributed by atoms with Crippen molar-refractivity contribution in [2.24, 2.45) is 12.0 Å². The van der Waals surface area contributed by atoms with Crippen LogP contribution in [0.5, 0.6) is 0 Å². The van der Waals surface area contributed by atoms with Crippen LogP contribution in [-0.2, 0) is 18.3 Å². The molecule has 1 amide bonds. The van der Waals surface area contributed by atoms with Crippen LogP contribution in [0.15, 0.2) is 35.3 Å². The number of para-hydroxylation sites is 1. The zero-order chi connectivity index (χ0) is 19.1. The number of hydrogen-bond donors (Lipinski definition) is 3. The van der Waals surface area contributed by atoms with Crippen LogP contribution in [0, 0.1) is 13.8 Å². The van der Waals surface area contributed by atoms with E-state index in [1.165, 1.54) is 11.3 Å². The summed E-state index contributed by atoms with van der Waals surface area (Å²) in [6.07, 6.45) is 0.836. The fourth-order valence-electron chi connectivity index (χ4n) is 2.79. The monoisotopic (exact) mass is 356 g/mol. The lowest BCUT2D eigenvalue weighted by Crippen LogP contribution is -2.45. The molecule has 0 aliphatic rings. The maximum atomic E-state index is 12.0. The number of carbonyl (C=O) groups excluding carboxylic acids is 1. The minimum Gasteiger partial charge on any atom is -0.354 e. The summed E-state index contributed by atoms with van der Waals surface area (Å²) in [5.41, 5.74) is 4.23. The van der Waals surface area contributed by atoms with E-state index >= 15 is 0 Å². The number of aromatic nitrogens is 2. The number of guanidine groups is 1. The second kappa shape index (κ2) is 9.03. The summed E-state index contributed by atoms with van der Waals surface area (Å²) in [4.78, 5) is 16.2. The van der Waals surface area contributed by atoms with E-state index in [2.05, 4.69) is 39.9 Å². The molecule has 1 heterocycles. The number of anilines is 1. The summed E-state index contributed by atoms with van der Waals surface area (Å²) in [6.45, 7) is 6.33. The Bertz CT molecular complexity index is 766. The molecule has 0 fully saturated rings. The molecule has 0 aliphatic heterocycles. The van der Waals surface area contributed by atoms with Crippen molar-refractivity contribution < 1.29 is 4.79 Å². The molecule has 0 bridgehead atoms. The summed E-state index contributed by atoms with van der Waals surface area (Å²) in [5, 5.41) is 13.7. The number of nitrogens with zero attached hydrogens (tertiary/aromatic N) is 3. The minimum atomic E-state index is -0.120. The van der Waals surface area contributed by atoms with Crippen LogP contribution in [0.25, 0.3) is 0 Å². The van der Waals surface area contributed by atoms with E-state index in [1.54, 1.807) is 7.05 Å². The third kappa shape index (κ3) is 5.34. The maximum Gasteiger partial charge on any atom is 0.243 e. The van der Waals surface area contributed by atoms with Gasteiger partial charge in [0.05, 0.1) is 12.2 Å². The lowest BCUT2D eigenvalue weighted by atomic mass is 10.1. The van der Waals surface area contributed by atoms with Gasteiger partial charge < -0.3 is 16.0 Å². The number of carbonyl (C=O) groups is 1. The highest BCUT2D eigenvalue weighted by Crippen LogP contribution is 2.14. The first-order valence-corrected chi connectivity index (χ1v) is 8.71. The number of hydrogen-bond acceptors (Lipinski definition) is 3. The van der Waals surface area contributed by atoms with Gasteiger partial charge in [-0.2, -0.15) is 5.10 Å². The third-order valence-electron chi connectivity index (χ3n) is 4.25. The molecular weight excluding hydrogens is 328 g/mol. The van der Waals surface area contributed by atoms with Crippen molar-refractivity contribution in [2.45, 2.75) is 33.2 Å². The van der Waals surface area contributed by atoms with Gasteiger partial charge in [0.25, 0.3) is 0 Å². The van der Waals surface area contributed by atoms with Gasteiger partial charge in [-0.05, 0) is 44.9 Å². The molecule has 0 saturated heterocycles. The predicted molar refractivity (Wildman–Crippen MR) is 105 cm³/mol. The zero-order valence-electron chi connectivity index (χ0n) is 16.1. The molecule has 3 N–H and O–H groups in total. The summed E-state index contributed by atoms with van der Waals surface area (Å²) in [5.74, 6) is 0.477. The van der Waals surface area contributed by atoms with Crippen LogP contribution in [0.1, 0.15) is 23.9 Å². The molecule has 7 heteroatoms. The van der Waals surface area contributed by atoms with Crippen molar-refractivity contribution in [3.05, 3.63) is 47.3 Å². The zero-order valence-corrected chi connectivity index (χ0v) is 16.1. The van der Waals surface area contributed by atoms with E-state index in [-0.39, 0.29) is 18.5 Å². The number of benzene rings is 1. The van der Waals surface area contributed by atoms with Gasteiger partial charge in [-0.15, -0.1) is 0 Å². The van der Waals surface area contributed by atoms with Crippen molar-refractivity contribution in [3.8, 4) is 0 Å². The van der Waals surface area contributed by atoms with Crippen LogP contribution in [0.2, 0.25) is 0 Å². The Hall–Kier alpha value is -2.83. The molecular formula is C19H28N6O. The normalized spacial score (nSPS) is 12.6. The van der Waals surface area contributed by atoms with Crippen molar-refractivity contribution >= 4 is 17.6 Å². The lowest BCUT2D eigenvalue weighted by Gasteiger charge is -2.18. The molecule has 0 saturated carbocycles. The molecule has 1 atom stereocenters. The van der Waals surface area contributed by atoms with Crippen LogP contribution >= 0.6 is 0 Å². The fraction of sp³-hybridized carbons (Fsp3) is 0.421. The molecule has 1 unspecified atom stereocenters. The lowest BCUT2D eigenvalue weighted by molar-refractivity contribution is -0.115. The van der Waals surface area contributed by atoms with Crippen LogP contribution in [-0.4, -0.2) is 41.3 Å². The average molecular weight is 356 g/mol. The Labute approximate surface area is 154 Å². The van der Waals surface area contributed by atoms with E-state index < -0.39 is 0 Å². The van der Waals surface area contributed by atoms with Crippen LogP contribution in [0.4, 0.5) is 5.69 Å². The highest BCUT2D eigenvalue weighted by molar-refractivity contribution is 5.94. The van der Waals surface area contributed by atoms with Gasteiger partial charge in [-0.25, -0.2) is 0 Å². The molecule has 140 valence electrons. The van der Waals surface area contributed by atoms with Crippen molar-refractivity contribution in [1.82, 2.24) is 20.4 Å². The number of amides is 1. The largest absolute Gasteiger partial charge is 0.354 e. The molecule has 0 aliphatic carbocycles. The topological polar surface area (TPSA) is 83.3 Å². The van der Waals surface area contributed by atoms with Crippen LogP contribution < -0.4 is 16.0 Å². The van der Waals surface area contributed by atoms with Gasteiger partial charge in [0.1, 0.15) is 0 Å². The molecule has 1 aromatic heterocycles. The highest BCUT2D eigenvalue weighted by atomic mass is 16.1. The second-order valence-electron chi connectivity index (χ2n) is 6.36. The van der Waals surface area contributed by atoms with E-state index in [9.17, 15) is 4.79 Å². The molecule has 2 aromatic rings. The van der Waals surface area contributed by atoms with Gasteiger partial charge >= 0.3 is 0 Å². The van der Waals surface area contributed by atoms with Crippen molar-refractivity contribution in [3.63, 3.8) is 0 Å². The number of aryl methyl sites for hydroxylation is 2. The quantitative estimate of drug-likeness (QED) is 0.544. The standard InChI is InChI=1S/C19H28N6O/c1-13(11-17-14(2)24-25(5)15(17)3)22-19(20-4)21-12-18(26)23-16-9-7-6-8-10-16/h6-10,13H,11-12H2,1-5H3,(H,23,26)(H2,20,21,22). The molecule has 0 spiro atoms. The van der Waals surface area contributed by atoms with E-state index in [0.717, 1.165) is 17.8 Å². The number of rotatable bonds is 6. The van der Waals surface area contributed by atoms with E-state index in [0.29, 0.717) is 5.96 Å². The van der Waals surface area contributed by atoms with E-state index in [1.807, 2.05) is 49.0 Å². The molecule has 2 rings (SSSR count). The van der Waals surface area contributed by atoms with Gasteiger partial charge in [-0.1, -0.05) is 18.2 Å². The van der Waals surface area contributed by atoms with Gasteiger partial charge in [0.15, 0.2) is 5.96 Å². The molecule has 26 heavy (non-hydrogen) atoms. The Kier molecular flexibility index (Phi) is 6.77. The third-order valence-corrected chi connectivity index (χ3v) is 4.25. The van der Waals surface area contributed by atoms with Gasteiger partial charge in [0, 0.05) is 31.5 Å². The van der Waals surface area contributed by atoms with Crippen LogP contribution in [0.3, 0.4) is 0 Å². The average Bonchev–Trinajstić information content (AvgIpc) is 2.85. The smallest absolute Gasteiger partial charge is 0.243 e. The Balaban J connectivity index is 1.84. The summed E-state index contributed by atoms with van der Waals surface area (Å²) in [7, 11) is 3.65. The SMILES string of the molecule is CN=C(NCC(=O)Nc1ccccc1)NC(C)Cc1c(C)nn(C)c1C. The molecule has 0 radical (unpaired) electrons.